The van der Waals surface area contributed by atoms with Crippen molar-refractivity contribution in [3.8, 4) is 0 Å². The summed E-state index contributed by atoms with van der Waals surface area (Å²) in [5.74, 6) is -0.0417. The average molecular weight is 201 g/mol. The van der Waals surface area contributed by atoms with E-state index in [1.807, 2.05) is 6.07 Å². The first-order chi connectivity index (χ1) is 7.11. The first-order valence-electron chi connectivity index (χ1n) is 4.71. The van der Waals surface area contributed by atoms with Crippen LogP contribution in [0, 0.1) is 0 Å². The second kappa shape index (κ2) is 3.35. The highest BCUT2D eigenvalue weighted by Gasteiger charge is 2.19. The minimum Gasteiger partial charge on any atom is -0.315 e. The molecule has 0 fully saturated rings. The maximum atomic E-state index is 11.4. The Morgan fingerprint density at radius 3 is 2.67 bits per heavy atom. The van der Waals surface area contributed by atoms with Crippen molar-refractivity contribution < 1.29 is 9.59 Å². The Morgan fingerprint density at radius 1 is 1.27 bits per heavy atom. The average Bonchev–Trinajstić information content (AvgIpc) is 2.59. The van der Waals surface area contributed by atoms with Crippen LogP contribution in [0.2, 0.25) is 0 Å². The van der Waals surface area contributed by atoms with E-state index in [0.29, 0.717) is 5.56 Å². The third kappa shape index (κ3) is 1.46. The lowest BCUT2D eigenvalue weighted by Crippen LogP contribution is -2.23. The van der Waals surface area contributed by atoms with Gasteiger partial charge in [-0.1, -0.05) is 12.1 Å². The van der Waals surface area contributed by atoms with E-state index >= 15 is 0 Å². The van der Waals surface area contributed by atoms with Crippen LogP contribution in [0.1, 0.15) is 22.8 Å². The van der Waals surface area contributed by atoms with E-state index in [2.05, 4.69) is 0 Å². The summed E-state index contributed by atoms with van der Waals surface area (Å²) >= 11 is 0. The largest absolute Gasteiger partial charge is 0.315 e. The zero-order valence-corrected chi connectivity index (χ0v) is 8.65. The van der Waals surface area contributed by atoms with E-state index in [9.17, 15) is 9.59 Å². The molecule has 1 aliphatic rings. The van der Waals surface area contributed by atoms with Gasteiger partial charge in [-0.15, -0.1) is 0 Å². The molecule has 1 aliphatic carbocycles. The van der Waals surface area contributed by atoms with Crippen LogP contribution in [0.25, 0.3) is 6.08 Å². The van der Waals surface area contributed by atoms with Crippen LogP contribution in [-0.2, 0) is 4.79 Å². The van der Waals surface area contributed by atoms with Crippen LogP contribution in [0.15, 0.2) is 24.3 Å². The topological polar surface area (TPSA) is 37.4 Å². The van der Waals surface area contributed by atoms with Gasteiger partial charge >= 0.3 is 0 Å². The molecule has 2 rings (SSSR count). The number of benzene rings is 1. The number of carbonyl (C=O) groups excluding carboxylic acids is 2. The van der Waals surface area contributed by atoms with Crippen LogP contribution in [0.3, 0.4) is 0 Å². The van der Waals surface area contributed by atoms with Gasteiger partial charge in [0.05, 0.1) is 5.69 Å². The molecule has 3 nitrogen and oxygen atoms in total. The molecule has 76 valence electrons. The van der Waals surface area contributed by atoms with E-state index in [1.165, 1.54) is 13.0 Å². The Labute approximate surface area is 88.0 Å². The molecule has 0 aromatic heterocycles. The lowest BCUT2D eigenvalue weighted by atomic mass is 10.1. The summed E-state index contributed by atoms with van der Waals surface area (Å²) in [4.78, 5) is 24.2. The monoisotopic (exact) mass is 201 g/mol. The molecule has 1 amide bonds. The minimum atomic E-state index is -0.0452. The molecule has 0 aliphatic heterocycles. The summed E-state index contributed by atoms with van der Waals surface area (Å²) in [6.07, 6.45) is 3.29. The Morgan fingerprint density at radius 2 is 2.00 bits per heavy atom. The van der Waals surface area contributed by atoms with Crippen LogP contribution < -0.4 is 4.90 Å². The van der Waals surface area contributed by atoms with Crippen molar-refractivity contribution in [2.24, 2.45) is 0 Å². The fourth-order valence-corrected chi connectivity index (χ4v) is 1.65. The van der Waals surface area contributed by atoms with Gasteiger partial charge in [0.1, 0.15) is 0 Å². The third-order valence-corrected chi connectivity index (χ3v) is 2.58. The number of hydrogen-bond acceptors (Lipinski definition) is 2. The predicted molar refractivity (Wildman–Crippen MR) is 58.9 cm³/mol. The van der Waals surface area contributed by atoms with Crippen molar-refractivity contribution in [3.63, 3.8) is 0 Å². The van der Waals surface area contributed by atoms with Crippen LogP contribution in [0.5, 0.6) is 0 Å². The molecule has 0 N–H and O–H groups in total. The summed E-state index contributed by atoms with van der Waals surface area (Å²) in [6.45, 7) is 1.50. The number of hydrogen-bond donors (Lipinski definition) is 0. The number of fused-ring (bicyclic) bond motifs is 1. The van der Waals surface area contributed by atoms with E-state index in [-0.39, 0.29) is 11.7 Å². The number of amides is 1. The maximum Gasteiger partial charge on any atom is 0.223 e. The molecule has 1 aromatic rings. The summed E-state index contributed by atoms with van der Waals surface area (Å²) in [5.41, 5.74) is 2.28. The van der Waals surface area contributed by atoms with Gasteiger partial charge in [-0.05, 0) is 18.2 Å². The van der Waals surface area contributed by atoms with Crippen molar-refractivity contribution >= 4 is 23.5 Å². The number of carbonyl (C=O) groups is 2. The van der Waals surface area contributed by atoms with Gasteiger partial charge in [0.25, 0.3) is 0 Å². The Bertz CT molecular complexity index is 475. The number of allylic oxidation sites excluding steroid dienone is 1. The van der Waals surface area contributed by atoms with Crippen molar-refractivity contribution in [2.45, 2.75) is 6.92 Å². The maximum absolute atomic E-state index is 11.4. The second-order valence-electron chi connectivity index (χ2n) is 3.51. The number of rotatable bonds is 1. The number of nitrogens with zero attached hydrogens (tertiary/aromatic N) is 1. The highest BCUT2D eigenvalue weighted by atomic mass is 16.2. The Balaban J connectivity index is 2.56. The van der Waals surface area contributed by atoms with Gasteiger partial charge in [-0.25, -0.2) is 0 Å². The molecule has 0 unspecified atom stereocenters. The van der Waals surface area contributed by atoms with Gasteiger partial charge in [0.2, 0.25) is 5.91 Å². The highest BCUT2D eigenvalue weighted by Crippen LogP contribution is 2.29. The molecule has 0 atom stereocenters. The molecule has 0 bridgehead atoms. The number of anilines is 1. The first kappa shape index (κ1) is 9.65. The normalized spacial score (nSPS) is 12.8. The van der Waals surface area contributed by atoms with Crippen LogP contribution in [0.4, 0.5) is 5.69 Å². The standard InChI is InChI=1S/C12H11NO2/c1-8(14)13(2)11-5-3-4-10-9(11)6-7-12(10)15/h3-7H,1-2H3. The zero-order chi connectivity index (χ0) is 11.0. The minimum absolute atomic E-state index is 0.00352. The van der Waals surface area contributed by atoms with Gasteiger partial charge < -0.3 is 4.90 Å². The fourth-order valence-electron chi connectivity index (χ4n) is 1.65. The van der Waals surface area contributed by atoms with Crippen molar-refractivity contribution in [1.82, 2.24) is 0 Å². The molecule has 0 heterocycles. The smallest absolute Gasteiger partial charge is 0.223 e. The molecular formula is C12H11NO2. The lowest BCUT2D eigenvalue weighted by molar-refractivity contribution is -0.116. The summed E-state index contributed by atoms with van der Waals surface area (Å²) < 4.78 is 0. The van der Waals surface area contributed by atoms with Gasteiger partial charge in [-0.3, -0.25) is 9.59 Å². The molecule has 1 aromatic carbocycles. The second-order valence-corrected chi connectivity index (χ2v) is 3.51. The van der Waals surface area contributed by atoms with Gasteiger partial charge in [-0.2, -0.15) is 0 Å². The summed E-state index contributed by atoms with van der Waals surface area (Å²) in [6, 6.07) is 5.40. The van der Waals surface area contributed by atoms with Crippen LogP contribution in [-0.4, -0.2) is 18.7 Å². The van der Waals surface area contributed by atoms with Gasteiger partial charge in [0.15, 0.2) is 5.78 Å². The lowest BCUT2D eigenvalue weighted by Gasteiger charge is -2.17. The molecule has 0 saturated heterocycles. The predicted octanol–water partition coefficient (Wildman–Crippen LogP) is 1.88. The van der Waals surface area contributed by atoms with E-state index in [4.69, 9.17) is 0 Å². The van der Waals surface area contributed by atoms with Crippen molar-refractivity contribution in [2.75, 3.05) is 11.9 Å². The van der Waals surface area contributed by atoms with Crippen molar-refractivity contribution in [1.29, 1.82) is 0 Å². The SMILES string of the molecule is CC(=O)N(C)c1cccc2c1C=CC2=O. The molecular weight excluding hydrogens is 190 g/mol. The molecule has 15 heavy (non-hydrogen) atoms. The van der Waals surface area contributed by atoms with E-state index < -0.39 is 0 Å². The highest BCUT2D eigenvalue weighted by molar-refractivity contribution is 6.16. The third-order valence-electron chi connectivity index (χ3n) is 2.58. The zero-order valence-electron chi connectivity index (χ0n) is 8.65. The number of ketones is 1. The fraction of sp³-hybridized carbons (Fsp3) is 0.167. The molecule has 0 saturated carbocycles. The quantitative estimate of drug-likeness (QED) is 0.695. The van der Waals surface area contributed by atoms with E-state index in [0.717, 1.165) is 11.3 Å². The Kier molecular flexibility index (Phi) is 2.15. The first-order valence-corrected chi connectivity index (χ1v) is 4.71. The molecule has 3 heteroatoms. The van der Waals surface area contributed by atoms with E-state index in [1.54, 1.807) is 30.2 Å². The van der Waals surface area contributed by atoms with Gasteiger partial charge in [0, 0.05) is 25.1 Å². The van der Waals surface area contributed by atoms with Crippen LogP contribution >= 0.6 is 0 Å². The summed E-state index contributed by atoms with van der Waals surface area (Å²) in [5, 5.41) is 0. The molecule has 0 spiro atoms. The Hall–Kier alpha value is -1.90. The summed E-state index contributed by atoms with van der Waals surface area (Å²) in [7, 11) is 1.70. The molecule has 0 radical (unpaired) electrons. The van der Waals surface area contributed by atoms with Crippen molar-refractivity contribution in [3.05, 3.63) is 35.4 Å².